The maximum absolute atomic E-state index is 12.0. The Kier molecular flexibility index (Phi) is 3.41. The van der Waals surface area contributed by atoms with Crippen LogP contribution in [0.5, 0.6) is 0 Å². The van der Waals surface area contributed by atoms with Crippen LogP contribution in [0.1, 0.15) is 19.3 Å². The van der Waals surface area contributed by atoms with Crippen LogP contribution < -0.4 is 0 Å². The molecule has 5 heteroatoms. The molecule has 1 aliphatic heterocycles. The number of morpholine rings is 1. The Balaban J connectivity index is 1.87. The highest BCUT2D eigenvalue weighted by Gasteiger charge is 2.44. The maximum atomic E-state index is 12.0. The van der Waals surface area contributed by atoms with Crippen LogP contribution in [-0.4, -0.2) is 42.4 Å². The summed E-state index contributed by atoms with van der Waals surface area (Å²) in [7, 11) is 0. The highest BCUT2D eigenvalue weighted by Crippen LogP contribution is 2.49. The molecule has 1 saturated carbocycles. The van der Waals surface area contributed by atoms with Crippen molar-refractivity contribution in [3.05, 3.63) is 0 Å². The number of nitrogens with zero attached hydrogens (tertiary/aromatic N) is 2. The summed E-state index contributed by atoms with van der Waals surface area (Å²) < 4.78 is 5.21. The summed E-state index contributed by atoms with van der Waals surface area (Å²) in [5.74, 6) is 0.931. The molecule has 0 bridgehead atoms. The first kappa shape index (κ1) is 11.7. The maximum Gasteiger partial charge on any atom is 0.223 e. The number of ether oxygens (including phenoxy) is 1. The Hall–Kier alpha value is -0.730. The van der Waals surface area contributed by atoms with Crippen molar-refractivity contribution in [3.8, 4) is 6.07 Å². The first-order valence-electron chi connectivity index (χ1n) is 5.59. The molecule has 1 heterocycles. The van der Waals surface area contributed by atoms with Gasteiger partial charge in [0.05, 0.1) is 19.2 Å². The van der Waals surface area contributed by atoms with E-state index in [0.717, 1.165) is 18.6 Å². The van der Waals surface area contributed by atoms with Crippen molar-refractivity contribution in [2.24, 2.45) is 5.41 Å². The number of amides is 1. The van der Waals surface area contributed by atoms with Crippen molar-refractivity contribution in [2.45, 2.75) is 25.4 Å². The van der Waals surface area contributed by atoms with Gasteiger partial charge < -0.3 is 9.64 Å². The molecule has 4 nitrogen and oxygen atoms in total. The van der Waals surface area contributed by atoms with E-state index in [1.165, 1.54) is 0 Å². The lowest BCUT2D eigenvalue weighted by Gasteiger charge is -2.30. The summed E-state index contributed by atoms with van der Waals surface area (Å²) >= 11 is 4.29. The normalized spacial score (nSPS) is 27.2. The van der Waals surface area contributed by atoms with Gasteiger partial charge in [0.15, 0.2) is 6.10 Å². The topological polar surface area (TPSA) is 53.3 Å². The van der Waals surface area contributed by atoms with Crippen molar-refractivity contribution in [1.82, 2.24) is 4.90 Å². The van der Waals surface area contributed by atoms with Gasteiger partial charge in [0.2, 0.25) is 5.91 Å². The van der Waals surface area contributed by atoms with Crippen molar-refractivity contribution >= 4 is 18.5 Å². The molecule has 2 fully saturated rings. The second-order valence-electron chi connectivity index (χ2n) is 4.66. The molecule has 0 aromatic rings. The molecular weight excluding hydrogens is 224 g/mol. The van der Waals surface area contributed by atoms with Crippen molar-refractivity contribution in [1.29, 1.82) is 5.26 Å². The molecule has 2 aliphatic rings. The molecule has 2 rings (SSSR count). The number of carbonyl (C=O) groups excluding carboxylic acids is 1. The summed E-state index contributed by atoms with van der Waals surface area (Å²) in [6.07, 6.45) is 2.33. The van der Waals surface area contributed by atoms with Crippen LogP contribution in [0.3, 0.4) is 0 Å². The average molecular weight is 240 g/mol. The molecule has 1 saturated heterocycles. The zero-order valence-electron chi connectivity index (χ0n) is 9.19. The van der Waals surface area contributed by atoms with Crippen molar-refractivity contribution < 1.29 is 9.53 Å². The molecule has 0 aromatic heterocycles. The van der Waals surface area contributed by atoms with Crippen LogP contribution in [-0.2, 0) is 9.53 Å². The molecule has 1 aliphatic carbocycles. The van der Waals surface area contributed by atoms with E-state index in [0.29, 0.717) is 26.1 Å². The van der Waals surface area contributed by atoms with Gasteiger partial charge in [0.25, 0.3) is 0 Å². The molecule has 0 N–H and O–H groups in total. The van der Waals surface area contributed by atoms with Gasteiger partial charge in [-0.3, -0.25) is 4.79 Å². The van der Waals surface area contributed by atoms with Gasteiger partial charge in [-0.1, -0.05) is 0 Å². The fourth-order valence-corrected chi connectivity index (χ4v) is 2.38. The second-order valence-corrected chi connectivity index (χ2v) is 4.98. The van der Waals surface area contributed by atoms with Gasteiger partial charge in [-0.15, -0.1) is 0 Å². The Morgan fingerprint density at radius 1 is 1.62 bits per heavy atom. The molecule has 88 valence electrons. The molecule has 16 heavy (non-hydrogen) atoms. The van der Waals surface area contributed by atoms with Gasteiger partial charge in [0.1, 0.15) is 0 Å². The number of hydrogen-bond acceptors (Lipinski definition) is 4. The van der Waals surface area contributed by atoms with Crippen molar-refractivity contribution in [2.75, 3.05) is 25.4 Å². The summed E-state index contributed by atoms with van der Waals surface area (Å²) in [6, 6.07) is 2.05. The second kappa shape index (κ2) is 4.64. The molecule has 1 atom stereocenters. The minimum absolute atomic E-state index is 0.148. The third-order valence-electron chi connectivity index (χ3n) is 3.38. The molecule has 1 unspecified atom stereocenters. The van der Waals surface area contributed by atoms with Gasteiger partial charge in [-0.2, -0.15) is 17.9 Å². The summed E-state index contributed by atoms with van der Waals surface area (Å²) in [4.78, 5) is 13.8. The van der Waals surface area contributed by atoms with Crippen LogP contribution in [0, 0.1) is 16.7 Å². The largest absolute Gasteiger partial charge is 0.360 e. The van der Waals surface area contributed by atoms with Crippen LogP contribution in [0.4, 0.5) is 0 Å². The molecule has 0 spiro atoms. The Morgan fingerprint density at radius 2 is 2.38 bits per heavy atom. The van der Waals surface area contributed by atoms with E-state index in [4.69, 9.17) is 10.00 Å². The number of thiol groups is 1. The Bertz CT molecular complexity index is 322. The van der Waals surface area contributed by atoms with Gasteiger partial charge in [-0.05, 0) is 24.0 Å². The monoisotopic (exact) mass is 240 g/mol. The zero-order chi connectivity index (χ0) is 11.6. The number of carbonyl (C=O) groups is 1. The van der Waals surface area contributed by atoms with Crippen LogP contribution in [0.15, 0.2) is 0 Å². The van der Waals surface area contributed by atoms with Gasteiger partial charge in [-0.25, -0.2) is 0 Å². The smallest absolute Gasteiger partial charge is 0.223 e. The summed E-state index contributed by atoms with van der Waals surface area (Å²) in [5.41, 5.74) is 0.153. The van der Waals surface area contributed by atoms with E-state index in [1.54, 1.807) is 4.90 Å². The SMILES string of the molecule is N#CC1CN(C(=O)CC2(CS)CC2)CCO1. The van der Waals surface area contributed by atoms with Crippen molar-refractivity contribution in [3.63, 3.8) is 0 Å². The Morgan fingerprint density at radius 3 is 2.94 bits per heavy atom. The van der Waals surface area contributed by atoms with Crippen LogP contribution >= 0.6 is 12.6 Å². The van der Waals surface area contributed by atoms with Gasteiger partial charge in [0, 0.05) is 13.0 Å². The first-order chi connectivity index (χ1) is 7.69. The first-order valence-corrected chi connectivity index (χ1v) is 6.22. The number of nitriles is 1. The fourth-order valence-electron chi connectivity index (χ4n) is 1.95. The zero-order valence-corrected chi connectivity index (χ0v) is 10.1. The third kappa shape index (κ3) is 2.50. The molecule has 0 aromatic carbocycles. The fraction of sp³-hybridized carbons (Fsp3) is 0.818. The summed E-state index contributed by atoms with van der Waals surface area (Å²) in [6.45, 7) is 1.50. The van der Waals surface area contributed by atoms with E-state index in [2.05, 4.69) is 12.6 Å². The van der Waals surface area contributed by atoms with E-state index in [1.807, 2.05) is 6.07 Å². The lowest BCUT2D eigenvalue weighted by atomic mass is 10.0. The average Bonchev–Trinajstić information content (AvgIpc) is 3.09. The minimum atomic E-state index is -0.455. The predicted octanol–water partition coefficient (Wildman–Crippen LogP) is 0.837. The Labute approximate surface area is 101 Å². The minimum Gasteiger partial charge on any atom is -0.360 e. The molecular formula is C11H16N2O2S. The van der Waals surface area contributed by atoms with Gasteiger partial charge >= 0.3 is 0 Å². The lowest BCUT2D eigenvalue weighted by molar-refractivity contribution is -0.138. The number of rotatable bonds is 3. The highest BCUT2D eigenvalue weighted by molar-refractivity contribution is 7.80. The quantitative estimate of drug-likeness (QED) is 0.744. The van der Waals surface area contributed by atoms with E-state index in [-0.39, 0.29) is 11.3 Å². The van der Waals surface area contributed by atoms with E-state index >= 15 is 0 Å². The molecule has 0 radical (unpaired) electrons. The summed E-state index contributed by atoms with van der Waals surface area (Å²) in [5, 5.41) is 8.76. The molecule has 1 amide bonds. The van der Waals surface area contributed by atoms with Crippen LogP contribution in [0.25, 0.3) is 0 Å². The van der Waals surface area contributed by atoms with E-state index in [9.17, 15) is 4.79 Å². The standard InChI is InChI=1S/C11H16N2O2S/c12-6-9-7-13(3-4-15-9)10(14)5-11(8-16)1-2-11/h9,16H,1-5,7-8H2. The van der Waals surface area contributed by atoms with E-state index < -0.39 is 6.10 Å². The highest BCUT2D eigenvalue weighted by atomic mass is 32.1. The third-order valence-corrected chi connectivity index (χ3v) is 4.05. The lowest BCUT2D eigenvalue weighted by Crippen LogP contribution is -2.45. The predicted molar refractivity (Wildman–Crippen MR) is 62.1 cm³/mol. The number of hydrogen-bond donors (Lipinski definition) is 1. The van der Waals surface area contributed by atoms with Crippen LogP contribution in [0.2, 0.25) is 0 Å².